The lowest BCUT2D eigenvalue weighted by molar-refractivity contribution is 0.276. The van der Waals surface area contributed by atoms with E-state index in [-0.39, 0.29) is 6.61 Å². The molecule has 1 heterocycles. The van der Waals surface area contributed by atoms with E-state index in [0.29, 0.717) is 18.1 Å². The van der Waals surface area contributed by atoms with Crippen molar-refractivity contribution in [1.82, 2.24) is 9.55 Å². The second-order valence-corrected chi connectivity index (χ2v) is 5.19. The van der Waals surface area contributed by atoms with Crippen molar-refractivity contribution in [3.8, 4) is 0 Å². The number of aromatic nitrogens is 2. The second kappa shape index (κ2) is 6.16. The Hall–Kier alpha value is -2.04. The SMILES string of the molecule is OCCn1c(CNc2ccc(Cl)cc2)nc2ccccc21. The largest absolute Gasteiger partial charge is 0.395 e. The van der Waals surface area contributed by atoms with Gasteiger partial charge in [0.05, 0.1) is 24.2 Å². The first-order chi connectivity index (χ1) is 10.3. The van der Waals surface area contributed by atoms with Crippen LogP contribution in [0.15, 0.2) is 48.5 Å². The molecule has 5 heteroatoms. The van der Waals surface area contributed by atoms with Gasteiger partial charge >= 0.3 is 0 Å². The molecular weight excluding hydrogens is 286 g/mol. The Kier molecular flexibility index (Phi) is 4.08. The van der Waals surface area contributed by atoms with Crippen molar-refractivity contribution in [3.63, 3.8) is 0 Å². The number of benzene rings is 2. The van der Waals surface area contributed by atoms with Gasteiger partial charge in [-0.15, -0.1) is 0 Å². The zero-order valence-electron chi connectivity index (χ0n) is 11.5. The Morgan fingerprint density at radius 2 is 1.86 bits per heavy atom. The molecule has 0 bridgehead atoms. The number of aliphatic hydroxyl groups is 1. The Labute approximate surface area is 128 Å². The average molecular weight is 302 g/mol. The molecule has 3 rings (SSSR count). The van der Waals surface area contributed by atoms with Crippen molar-refractivity contribution in [2.24, 2.45) is 0 Å². The molecule has 1 aromatic heterocycles. The highest BCUT2D eigenvalue weighted by atomic mass is 35.5. The summed E-state index contributed by atoms with van der Waals surface area (Å²) >= 11 is 5.88. The molecule has 0 amide bonds. The number of para-hydroxylation sites is 2. The lowest BCUT2D eigenvalue weighted by Crippen LogP contribution is -2.10. The molecule has 3 aromatic rings. The Morgan fingerprint density at radius 1 is 1.10 bits per heavy atom. The third kappa shape index (κ3) is 3.01. The van der Waals surface area contributed by atoms with Crippen molar-refractivity contribution in [3.05, 3.63) is 59.4 Å². The fourth-order valence-corrected chi connectivity index (χ4v) is 2.48. The van der Waals surface area contributed by atoms with E-state index in [4.69, 9.17) is 11.6 Å². The number of anilines is 1. The van der Waals surface area contributed by atoms with E-state index in [1.54, 1.807) is 0 Å². The number of aliphatic hydroxyl groups excluding tert-OH is 1. The molecule has 0 unspecified atom stereocenters. The molecule has 21 heavy (non-hydrogen) atoms. The van der Waals surface area contributed by atoms with E-state index in [1.165, 1.54) is 0 Å². The number of nitrogens with zero attached hydrogens (tertiary/aromatic N) is 2. The van der Waals surface area contributed by atoms with Crippen molar-refractivity contribution >= 4 is 28.3 Å². The first-order valence-electron chi connectivity index (χ1n) is 6.82. The number of fused-ring (bicyclic) bond motifs is 1. The van der Waals surface area contributed by atoms with Gasteiger partial charge in [0.15, 0.2) is 0 Å². The van der Waals surface area contributed by atoms with Crippen molar-refractivity contribution in [2.45, 2.75) is 13.1 Å². The number of hydrogen-bond donors (Lipinski definition) is 2. The molecular formula is C16H16ClN3O. The van der Waals surface area contributed by atoms with Crippen LogP contribution in [0.4, 0.5) is 5.69 Å². The summed E-state index contributed by atoms with van der Waals surface area (Å²) in [5.74, 6) is 0.903. The first kappa shape index (κ1) is 13.9. The van der Waals surface area contributed by atoms with Gasteiger partial charge in [-0.3, -0.25) is 0 Å². The van der Waals surface area contributed by atoms with E-state index < -0.39 is 0 Å². The summed E-state index contributed by atoms with van der Waals surface area (Å²) < 4.78 is 2.04. The van der Waals surface area contributed by atoms with Gasteiger partial charge in [-0.1, -0.05) is 23.7 Å². The maximum Gasteiger partial charge on any atom is 0.129 e. The smallest absolute Gasteiger partial charge is 0.129 e. The lowest BCUT2D eigenvalue weighted by Gasteiger charge is -2.09. The molecule has 4 nitrogen and oxygen atoms in total. The molecule has 0 spiro atoms. The summed E-state index contributed by atoms with van der Waals surface area (Å²) in [6.07, 6.45) is 0. The summed E-state index contributed by atoms with van der Waals surface area (Å²) in [5.41, 5.74) is 2.97. The zero-order chi connectivity index (χ0) is 14.7. The van der Waals surface area contributed by atoms with Crippen LogP contribution in [0.5, 0.6) is 0 Å². The molecule has 0 saturated carbocycles. The third-order valence-electron chi connectivity index (χ3n) is 3.35. The Morgan fingerprint density at radius 3 is 2.62 bits per heavy atom. The van der Waals surface area contributed by atoms with Crippen LogP contribution in [0.1, 0.15) is 5.82 Å². The minimum absolute atomic E-state index is 0.0916. The van der Waals surface area contributed by atoms with Crippen LogP contribution >= 0.6 is 11.6 Å². The monoisotopic (exact) mass is 301 g/mol. The van der Waals surface area contributed by atoms with Gasteiger partial charge < -0.3 is 15.0 Å². The molecule has 0 fully saturated rings. The predicted octanol–water partition coefficient (Wildman–Crippen LogP) is 3.29. The van der Waals surface area contributed by atoms with Crippen molar-refractivity contribution < 1.29 is 5.11 Å². The number of imidazole rings is 1. The van der Waals surface area contributed by atoms with Crippen LogP contribution in [-0.2, 0) is 13.1 Å². The highest BCUT2D eigenvalue weighted by Gasteiger charge is 2.09. The molecule has 0 radical (unpaired) electrons. The molecule has 0 aliphatic rings. The van der Waals surface area contributed by atoms with Crippen molar-refractivity contribution in [2.75, 3.05) is 11.9 Å². The maximum atomic E-state index is 9.25. The van der Waals surface area contributed by atoms with Crippen molar-refractivity contribution in [1.29, 1.82) is 0 Å². The van der Waals surface area contributed by atoms with E-state index >= 15 is 0 Å². The second-order valence-electron chi connectivity index (χ2n) is 4.75. The molecule has 0 atom stereocenters. The van der Waals surface area contributed by atoms with E-state index in [1.807, 2.05) is 53.1 Å². The molecule has 2 N–H and O–H groups in total. The Bertz CT molecular complexity index is 737. The molecule has 0 aliphatic carbocycles. The normalized spacial score (nSPS) is 11.0. The minimum Gasteiger partial charge on any atom is -0.395 e. The average Bonchev–Trinajstić information content (AvgIpc) is 2.85. The zero-order valence-corrected chi connectivity index (χ0v) is 12.2. The van der Waals surface area contributed by atoms with Gasteiger partial charge in [0.1, 0.15) is 5.82 Å². The molecule has 2 aromatic carbocycles. The standard InChI is InChI=1S/C16H16ClN3O/c17-12-5-7-13(8-6-12)18-11-16-19-14-3-1-2-4-15(14)20(16)9-10-21/h1-8,18,21H,9-11H2. The van der Waals surface area contributed by atoms with Crippen LogP contribution in [0.3, 0.4) is 0 Å². The van der Waals surface area contributed by atoms with Crippen LogP contribution in [0.25, 0.3) is 11.0 Å². The summed E-state index contributed by atoms with van der Waals surface area (Å²) in [6.45, 7) is 1.22. The van der Waals surface area contributed by atoms with E-state index in [2.05, 4.69) is 10.3 Å². The lowest BCUT2D eigenvalue weighted by atomic mass is 10.3. The fraction of sp³-hybridized carbons (Fsp3) is 0.188. The highest BCUT2D eigenvalue weighted by Crippen LogP contribution is 2.18. The minimum atomic E-state index is 0.0916. The fourth-order valence-electron chi connectivity index (χ4n) is 2.36. The van der Waals surface area contributed by atoms with E-state index in [0.717, 1.165) is 22.5 Å². The summed E-state index contributed by atoms with van der Waals surface area (Å²) in [6, 6.07) is 15.5. The number of nitrogens with one attached hydrogen (secondary N) is 1. The quantitative estimate of drug-likeness (QED) is 0.760. The highest BCUT2D eigenvalue weighted by molar-refractivity contribution is 6.30. The molecule has 0 saturated heterocycles. The predicted molar refractivity (Wildman–Crippen MR) is 85.6 cm³/mol. The van der Waals surface area contributed by atoms with Gasteiger partial charge in [-0.05, 0) is 36.4 Å². The van der Waals surface area contributed by atoms with Crippen LogP contribution < -0.4 is 5.32 Å². The number of rotatable bonds is 5. The van der Waals surface area contributed by atoms with Crippen LogP contribution in [0.2, 0.25) is 5.02 Å². The van der Waals surface area contributed by atoms with Gasteiger partial charge in [0.2, 0.25) is 0 Å². The third-order valence-corrected chi connectivity index (χ3v) is 3.60. The maximum absolute atomic E-state index is 9.25. The molecule has 0 aliphatic heterocycles. The van der Waals surface area contributed by atoms with Gasteiger partial charge in [0, 0.05) is 17.3 Å². The first-order valence-corrected chi connectivity index (χ1v) is 7.20. The Balaban J connectivity index is 1.85. The van der Waals surface area contributed by atoms with E-state index in [9.17, 15) is 5.11 Å². The summed E-state index contributed by atoms with van der Waals surface area (Å²) in [5, 5.41) is 13.3. The molecule has 108 valence electrons. The van der Waals surface area contributed by atoms with Crippen LogP contribution in [-0.4, -0.2) is 21.3 Å². The topological polar surface area (TPSA) is 50.1 Å². The van der Waals surface area contributed by atoms with Gasteiger partial charge in [-0.2, -0.15) is 0 Å². The number of halogens is 1. The number of hydrogen-bond acceptors (Lipinski definition) is 3. The summed E-state index contributed by atoms with van der Waals surface area (Å²) in [4.78, 5) is 4.63. The van der Waals surface area contributed by atoms with Gasteiger partial charge in [0.25, 0.3) is 0 Å². The van der Waals surface area contributed by atoms with Gasteiger partial charge in [-0.25, -0.2) is 4.98 Å². The van der Waals surface area contributed by atoms with Crippen LogP contribution in [0, 0.1) is 0 Å². The summed E-state index contributed by atoms with van der Waals surface area (Å²) in [7, 11) is 0.